The topological polar surface area (TPSA) is 51.4 Å². The summed E-state index contributed by atoms with van der Waals surface area (Å²) in [6.07, 6.45) is 41.3. The highest BCUT2D eigenvalue weighted by atomic mass is 16.6. The van der Waals surface area contributed by atoms with Crippen LogP contribution in [0.3, 0.4) is 0 Å². The molecule has 0 aliphatic carbocycles. The Morgan fingerprint density at radius 2 is 1.07 bits per heavy atom. The van der Waals surface area contributed by atoms with Gasteiger partial charge in [-0.2, -0.15) is 0 Å². The van der Waals surface area contributed by atoms with Crippen LogP contribution in [0.15, 0.2) is 23.8 Å². The Morgan fingerprint density at radius 1 is 0.585 bits per heavy atom. The SMILES string of the molecule is CCCCCCCCCC/C=C\CCC1OC1CCC1OC1CCCCCCCCCCCCC1=CC(C)OC1=O. The third-order valence-electron chi connectivity index (χ3n) is 9.30. The maximum Gasteiger partial charge on any atom is 0.334 e. The van der Waals surface area contributed by atoms with E-state index in [2.05, 4.69) is 19.1 Å². The predicted octanol–water partition coefficient (Wildman–Crippen LogP) is 10.7. The molecule has 0 bridgehead atoms. The van der Waals surface area contributed by atoms with E-state index in [1.807, 2.05) is 13.0 Å². The molecular formula is C37H64O4. The molecule has 2 fully saturated rings. The largest absolute Gasteiger partial charge is 0.455 e. The van der Waals surface area contributed by atoms with Crippen LogP contribution in [-0.4, -0.2) is 36.5 Å². The van der Waals surface area contributed by atoms with Crippen LogP contribution >= 0.6 is 0 Å². The molecule has 236 valence electrons. The van der Waals surface area contributed by atoms with Gasteiger partial charge in [0.15, 0.2) is 0 Å². The van der Waals surface area contributed by atoms with E-state index < -0.39 is 0 Å². The summed E-state index contributed by atoms with van der Waals surface area (Å²) in [4.78, 5) is 11.6. The molecule has 0 aromatic carbocycles. The number of hydrogen-bond acceptors (Lipinski definition) is 4. The Bertz CT molecular complexity index is 743. The number of allylic oxidation sites excluding steroid dienone is 2. The monoisotopic (exact) mass is 572 g/mol. The van der Waals surface area contributed by atoms with Crippen molar-refractivity contribution in [3.8, 4) is 0 Å². The minimum atomic E-state index is -0.0966. The van der Waals surface area contributed by atoms with Gasteiger partial charge in [-0.25, -0.2) is 4.79 Å². The zero-order chi connectivity index (χ0) is 29.0. The third kappa shape index (κ3) is 16.3. The zero-order valence-electron chi connectivity index (χ0n) is 26.9. The quantitative estimate of drug-likeness (QED) is 0.0405. The van der Waals surface area contributed by atoms with Gasteiger partial charge in [0.25, 0.3) is 0 Å². The van der Waals surface area contributed by atoms with Crippen molar-refractivity contribution < 1.29 is 19.0 Å². The molecule has 3 aliphatic heterocycles. The predicted molar refractivity (Wildman–Crippen MR) is 171 cm³/mol. The molecular weight excluding hydrogens is 508 g/mol. The van der Waals surface area contributed by atoms with Gasteiger partial charge in [-0.05, 0) is 70.8 Å². The molecule has 0 spiro atoms. The number of carbonyl (C=O) groups excluding carboxylic acids is 1. The van der Waals surface area contributed by atoms with E-state index in [0.717, 1.165) is 18.4 Å². The molecule has 0 radical (unpaired) electrons. The third-order valence-corrected chi connectivity index (χ3v) is 9.30. The van der Waals surface area contributed by atoms with Crippen molar-refractivity contribution in [1.29, 1.82) is 0 Å². The second-order valence-electron chi connectivity index (χ2n) is 13.2. The first-order chi connectivity index (χ1) is 20.2. The van der Waals surface area contributed by atoms with Crippen LogP contribution in [0.2, 0.25) is 0 Å². The summed E-state index contributed by atoms with van der Waals surface area (Å²) in [7, 11) is 0. The Balaban J connectivity index is 0.994. The van der Waals surface area contributed by atoms with Crippen LogP contribution in [-0.2, 0) is 19.0 Å². The number of hydrogen-bond donors (Lipinski definition) is 0. The fraction of sp³-hybridized carbons (Fsp3) is 0.865. The second kappa shape index (κ2) is 21.5. The maximum absolute atomic E-state index is 11.6. The molecule has 5 unspecified atom stereocenters. The van der Waals surface area contributed by atoms with Crippen molar-refractivity contribution in [2.45, 2.75) is 205 Å². The van der Waals surface area contributed by atoms with Gasteiger partial charge in [0, 0.05) is 5.57 Å². The van der Waals surface area contributed by atoms with E-state index in [0.29, 0.717) is 24.4 Å². The minimum Gasteiger partial charge on any atom is -0.455 e. The van der Waals surface area contributed by atoms with Gasteiger partial charge in [-0.3, -0.25) is 0 Å². The Hall–Kier alpha value is -1.13. The normalized spacial score (nSPS) is 25.2. The molecule has 0 N–H and O–H groups in total. The Labute approximate surface area is 253 Å². The minimum absolute atomic E-state index is 0.0250. The van der Waals surface area contributed by atoms with E-state index in [9.17, 15) is 4.79 Å². The van der Waals surface area contributed by atoms with E-state index in [-0.39, 0.29) is 12.1 Å². The van der Waals surface area contributed by atoms with Crippen molar-refractivity contribution in [2.75, 3.05) is 0 Å². The average molecular weight is 573 g/mol. The fourth-order valence-electron chi connectivity index (χ4n) is 6.49. The second-order valence-corrected chi connectivity index (χ2v) is 13.2. The van der Waals surface area contributed by atoms with Crippen molar-refractivity contribution in [3.05, 3.63) is 23.8 Å². The van der Waals surface area contributed by atoms with Crippen molar-refractivity contribution >= 4 is 5.97 Å². The lowest BCUT2D eigenvalue weighted by molar-refractivity contribution is -0.139. The smallest absolute Gasteiger partial charge is 0.334 e. The summed E-state index contributed by atoms with van der Waals surface area (Å²) in [5.74, 6) is -0.0966. The summed E-state index contributed by atoms with van der Waals surface area (Å²) >= 11 is 0. The van der Waals surface area contributed by atoms with Crippen LogP contribution < -0.4 is 0 Å². The number of unbranched alkanes of at least 4 members (excludes halogenated alkanes) is 17. The molecule has 3 heterocycles. The van der Waals surface area contributed by atoms with Crippen molar-refractivity contribution in [3.63, 3.8) is 0 Å². The zero-order valence-corrected chi connectivity index (χ0v) is 26.9. The lowest BCUT2D eigenvalue weighted by Gasteiger charge is -2.03. The molecule has 0 aromatic rings. The molecule has 4 nitrogen and oxygen atoms in total. The highest BCUT2D eigenvalue weighted by molar-refractivity contribution is 5.90. The number of rotatable bonds is 28. The number of cyclic esters (lactones) is 1. The molecule has 4 heteroatoms. The summed E-state index contributed by atoms with van der Waals surface area (Å²) in [5, 5.41) is 0. The average Bonchev–Trinajstić information content (AvgIpc) is 3.87. The van der Waals surface area contributed by atoms with E-state index in [1.54, 1.807) is 0 Å². The van der Waals surface area contributed by atoms with Crippen LogP contribution in [0.4, 0.5) is 0 Å². The van der Waals surface area contributed by atoms with E-state index >= 15 is 0 Å². The Morgan fingerprint density at radius 3 is 1.66 bits per heavy atom. The van der Waals surface area contributed by atoms with Gasteiger partial charge in [-0.1, -0.05) is 122 Å². The molecule has 3 aliphatic rings. The van der Waals surface area contributed by atoms with Crippen molar-refractivity contribution in [1.82, 2.24) is 0 Å². The van der Waals surface area contributed by atoms with E-state index in [4.69, 9.17) is 14.2 Å². The number of esters is 1. The molecule has 41 heavy (non-hydrogen) atoms. The first-order valence-electron chi connectivity index (χ1n) is 18.0. The lowest BCUT2D eigenvalue weighted by Crippen LogP contribution is -2.03. The summed E-state index contributed by atoms with van der Waals surface area (Å²) in [6, 6.07) is 0. The van der Waals surface area contributed by atoms with Crippen LogP contribution in [0.25, 0.3) is 0 Å². The highest BCUT2D eigenvalue weighted by Crippen LogP contribution is 2.36. The number of epoxide rings is 2. The first kappa shape index (κ1) is 34.4. The molecule has 0 amide bonds. The summed E-state index contributed by atoms with van der Waals surface area (Å²) in [6.45, 7) is 4.22. The van der Waals surface area contributed by atoms with E-state index in [1.165, 1.54) is 148 Å². The number of carbonyl (C=O) groups is 1. The van der Waals surface area contributed by atoms with Gasteiger partial charge >= 0.3 is 5.97 Å². The molecule has 2 saturated heterocycles. The fourth-order valence-corrected chi connectivity index (χ4v) is 6.49. The maximum atomic E-state index is 11.6. The standard InChI is InChI=1S/C37H64O4/c1-3-4-5-6-7-8-9-10-14-17-20-23-26-33-35(40-33)28-29-36-34(41-36)27-24-21-18-15-12-11-13-16-19-22-25-32-30-31(2)39-37(32)38/h17,20,30-31,33-36H,3-16,18-19,21-29H2,1-2H3/b20-17-. The lowest BCUT2D eigenvalue weighted by atomic mass is 10.0. The van der Waals surface area contributed by atoms with Gasteiger partial charge in [0.1, 0.15) is 6.10 Å². The van der Waals surface area contributed by atoms with Crippen LogP contribution in [0, 0.1) is 0 Å². The Kier molecular flexibility index (Phi) is 18.1. The molecule has 3 rings (SSSR count). The molecule has 5 atom stereocenters. The van der Waals surface area contributed by atoms with Gasteiger partial charge in [0.05, 0.1) is 24.4 Å². The van der Waals surface area contributed by atoms with Crippen LogP contribution in [0.5, 0.6) is 0 Å². The highest BCUT2D eigenvalue weighted by Gasteiger charge is 2.42. The van der Waals surface area contributed by atoms with Gasteiger partial charge in [-0.15, -0.1) is 0 Å². The van der Waals surface area contributed by atoms with Crippen molar-refractivity contribution in [2.24, 2.45) is 0 Å². The molecule has 0 aromatic heterocycles. The van der Waals surface area contributed by atoms with Crippen LogP contribution in [0.1, 0.15) is 174 Å². The summed E-state index contributed by atoms with van der Waals surface area (Å²) < 4.78 is 17.0. The first-order valence-corrected chi connectivity index (χ1v) is 18.0. The van der Waals surface area contributed by atoms with Gasteiger partial charge in [0.2, 0.25) is 0 Å². The van der Waals surface area contributed by atoms with Gasteiger partial charge < -0.3 is 14.2 Å². The number of ether oxygens (including phenoxy) is 3. The summed E-state index contributed by atoms with van der Waals surface area (Å²) in [5.41, 5.74) is 0.893. The molecule has 0 saturated carbocycles.